The van der Waals surface area contributed by atoms with Gasteiger partial charge in [-0.25, -0.2) is 0 Å². The van der Waals surface area contributed by atoms with Crippen molar-refractivity contribution in [2.45, 2.75) is 51.0 Å². The zero-order chi connectivity index (χ0) is 17.2. The van der Waals surface area contributed by atoms with Gasteiger partial charge >= 0.3 is 0 Å². The molecule has 1 aliphatic carbocycles. The summed E-state index contributed by atoms with van der Waals surface area (Å²) in [5.74, 6) is 0.908. The van der Waals surface area contributed by atoms with Crippen molar-refractivity contribution >= 4 is 29.1 Å². The Labute approximate surface area is 150 Å². The van der Waals surface area contributed by atoms with E-state index < -0.39 is 5.54 Å². The molecule has 0 radical (unpaired) electrons. The third-order valence-corrected chi connectivity index (χ3v) is 5.15. The van der Waals surface area contributed by atoms with E-state index >= 15 is 0 Å². The van der Waals surface area contributed by atoms with Crippen LogP contribution in [-0.2, 0) is 16.8 Å². The molecule has 0 bridgehead atoms. The number of amides is 1. The van der Waals surface area contributed by atoms with E-state index in [4.69, 9.17) is 27.7 Å². The van der Waals surface area contributed by atoms with Gasteiger partial charge in [-0.2, -0.15) is 4.98 Å². The van der Waals surface area contributed by atoms with E-state index in [0.717, 1.165) is 32.1 Å². The minimum absolute atomic E-state index is 0.122. The molecule has 1 N–H and O–H groups in total. The Morgan fingerprint density at radius 2 is 1.92 bits per heavy atom. The Balaban J connectivity index is 1.81. The maximum absolute atomic E-state index is 12.7. The number of benzene rings is 1. The molecule has 1 heterocycles. The molecule has 0 aliphatic heterocycles. The molecule has 0 spiro atoms. The fraction of sp³-hybridized carbons (Fsp3) is 0.471. The smallest absolute Gasteiger partial charge is 0.225 e. The quantitative estimate of drug-likeness (QED) is 0.878. The lowest BCUT2D eigenvalue weighted by Gasteiger charge is -2.35. The lowest BCUT2D eigenvalue weighted by Crippen LogP contribution is -2.48. The minimum atomic E-state index is -0.569. The highest BCUT2D eigenvalue weighted by molar-refractivity contribution is 6.36. The number of nitrogens with zero attached hydrogens (tertiary/aromatic N) is 2. The molecule has 1 fully saturated rings. The standard InChI is InChI=1S/C17H19Cl2N3O2/c1-11-20-16(22-24-11)17(8-3-2-4-9-17)21-15(23)10-12-13(18)6-5-7-14(12)19/h5-7H,2-4,8-10H2,1H3,(H,21,23). The van der Waals surface area contributed by atoms with Crippen LogP contribution in [0.5, 0.6) is 0 Å². The Morgan fingerprint density at radius 3 is 2.50 bits per heavy atom. The van der Waals surface area contributed by atoms with Crippen molar-refractivity contribution in [1.82, 2.24) is 15.5 Å². The second-order valence-electron chi connectivity index (χ2n) is 6.20. The summed E-state index contributed by atoms with van der Waals surface area (Å²) in [5, 5.41) is 8.16. The van der Waals surface area contributed by atoms with Gasteiger partial charge in [0, 0.05) is 17.0 Å². The van der Waals surface area contributed by atoms with Crippen LogP contribution in [0.4, 0.5) is 0 Å². The van der Waals surface area contributed by atoms with Crippen molar-refractivity contribution in [3.8, 4) is 0 Å². The highest BCUT2D eigenvalue weighted by Crippen LogP contribution is 2.36. The predicted octanol–water partition coefficient (Wildman–Crippen LogP) is 4.20. The van der Waals surface area contributed by atoms with E-state index in [-0.39, 0.29) is 12.3 Å². The van der Waals surface area contributed by atoms with Gasteiger partial charge in [-0.05, 0) is 30.5 Å². The van der Waals surface area contributed by atoms with E-state index in [1.807, 2.05) is 0 Å². The summed E-state index contributed by atoms with van der Waals surface area (Å²) in [6.45, 7) is 1.75. The topological polar surface area (TPSA) is 68.0 Å². The molecular formula is C17H19Cl2N3O2. The van der Waals surface area contributed by atoms with Crippen LogP contribution in [-0.4, -0.2) is 16.0 Å². The highest BCUT2D eigenvalue weighted by Gasteiger charge is 2.39. The van der Waals surface area contributed by atoms with Gasteiger partial charge in [0.1, 0.15) is 5.54 Å². The van der Waals surface area contributed by atoms with Crippen molar-refractivity contribution < 1.29 is 9.32 Å². The molecule has 128 valence electrons. The molecule has 1 amide bonds. The van der Waals surface area contributed by atoms with E-state index in [1.54, 1.807) is 25.1 Å². The van der Waals surface area contributed by atoms with Crippen LogP contribution in [0.3, 0.4) is 0 Å². The number of carbonyl (C=O) groups excluding carboxylic acids is 1. The molecule has 7 heteroatoms. The fourth-order valence-electron chi connectivity index (χ4n) is 3.23. The summed E-state index contributed by atoms with van der Waals surface area (Å²) in [4.78, 5) is 17.0. The molecule has 3 rings (SSSR count). The largest absolute Gasteiger partial charge is 0.343 e. The summed E-state index contributed by atoms with van der Waals surface area (Å²) < 4.78 is 5.13. The maximum atomic E-state index is 12.7. The Hall–Kier alpha value is -1.59. The van der Waals surface area contributed by atoms with Gasteiger partial charge in [0.25, 0.3) is 0 Å². The van der Waals surface area contributed by atoms with Crippen molar-refractivity contribution in [2.75, 3.05) is 0 Å². The van der Waals surface area contributed by atoms with Crippen LogP contribution in [0.2, 0.25) is 10.0 Å². The predicted molar refractivity (Wildman–Crippen MR) is 92.1 cm³/mol. The summed E-state index contributed by atoms with van der Waals surface area (Å²) in [5.41, 5.74) is 0.0643. The SMILES string of the molecule is Cc1nc(C2(NC(=O)Cc3c(Cl)cccc3Cl)CCCCC2)no1. The van der Waals surface area contributed by atoms with Crippen LogP contribution in [0.15, 0.2) is 22.7 Å². The van der Waals surface area contributed by atoms with Gasteiger partial charge in [-0.1, -0.05) is 53.7 Å². The van der Waals surface area contributed by atoms with E-state index in [0.29, 0.717) is 27.3 Å². The van der Waals surface area contributed by atoms with Crippen LogP contribution in [0, 0.1) is 6.92 Å². The first-order chi connectivity index (χ1) is 11.5. The average molecular weight is 368 g/mol. The lowest BCUT2D eigenvalue weighted by atomic mass is 9.80. The van der Waals surface area contributed by atoms with E-state index in [1.165, 1.54) is 0 Å². The Morgan fingerprint density at radius 1 is 1.25 bits per heavy atom. The molecule has 1 aromatic carbocycles. The first kappa shape index (κ1) is 17.2. The number of aryl methyl sites for hydroxylation is 1. The molecule has 5 nitrogen and oxygen atoms in total. The van der Waals surface area contributed by atoms with Crippen molar-refractivity contribution in [2.24, 2.45) is 0 Å². The van der Waals surface area contributed by atoms with Crippen molar-refractivity contribution in [3.05, 3.63) is 45.5 Å². The number of rotatable bonds is 4. The molecule has 1 aliphatic rings. The first-order valence-electron chi connectivity index (χ1n) is 8.05. The zero-order valence-electron chi connectivity index (χ0n) is 13.4. The van der Waals surface area contributed by atoms with Crippen LogP contribution < -0.4 is 5.32 Å². The van der Waals surface area contributed by atoms with Crippen molar-refractivity contribution in [1.29, 1.82) is 0 Å². The Bertz CT molecular complexity index is 719. The number of nitrogens with one attached hydrogen (secondary N) is 1. The van der Waals surface area contributed by atoms with Crippen LogP contribution in [0.25, 0.3) is 0 Å². The molecule has 1 saturated carbocycles. The van der Waals surface area contributed by atoms with E-state index in [2.05, 4.69) is 15.5 Å². The molecule has 24 heavy (non-hydrogen) atoms. The monoisotopic (exact) mass is 367 g/mol. The fourth-order valence-corrected chi connectivity index (χ4v) is 3.76. The van der Waals surface area contributed by atoms with Gasteiger partial charge < -0.3 is 9.84 Å². The summed E-state index contributed by atoms with van der Waals surface area (Å²) >= 11 is 12.3. The van der Waals surface area contributed by atoms with Crippen molar-refractivity contribution in [3.63, 3.8) is 0 Å². The van der Waals surface area contributed by atoms with Gasteiger partial charge in [0.05, 0.1) is 6.42 Å². The number of aromatic nitrogens is 2. The molecule has 0 atom stereocenters. The Kier molecular flexibility index (Phi) is 5.11. The summed E-state index contributed by atoms with van der Waals surface area (Å²) in [7, 11) is 0. The normalized spacial score (nSPS) is 16.8. The third kappa shape index (κ3) is 3.57. The highest BCUT2D eigenvalue weighted by atomic mass is 35.5. The number of hydrogen-bond acceptors (Lipinski definition) is 4. The average Bonchev–Trinajstić information content (AvgIpc) is 2.99. The first-order valence-corrected chi connectivity index (χ1v) is 8.80. The maximum Gasteiger partial charge on any atom is 0.225 e. The number of halogens is 2. The molecule has 2 aromatic rings. The van der Waals surface area contributed by atoms with Gasteiger partial charge in [-0.3, -0.25) is 4.79 Å². The molecular weight excluding hydrogens is 349 g/mol. The van der Waals surface area contributed by atoms with E-state index in [9.17, 15) is 4.79 Å². The number of carbonyl (C=O) groups is 1. The number of hydrogen-bond donors (Lipinski definition) is 1. The van der Waals surface area contributed by atoms with Crippen LogP contribution >= 0.6 is 23.2 Å². The molecule has 1 aromatic heterocycles. The summed E-state index contributed by atoms with van der Waals surface area (Å²) in [6.07, 6.45) is 4.89. The lowest BCUT2D eigenvalue weighted by molar-refractivity contribution is -0.123. The molecule has 0 saturated heterocycles. The van der Waals surface area contributed by atoms with Gasteiger partial charge in [0.15, 0.2) is 5.82 Å². The van der Waals surface area contributed by atoms with Gasteiger partial charge in [-0.15, -0.1) is 0 Å². The summed E-state index contributed by atoms with van der Waals surface area (Å²) in [6, 6.07) is 5.22. The second-order valence-corrected chi connectivity index (χ2v) is 7.02. The third-order valence-electron chi connectivity index (χ3n) is 4.44. The zero-order valence-corrected chi connectivity index (χ0v) is 15.0. The van der Waals surface area contributed by atoms with Crippen LogP contribution in [0.1, 0.15) is 49.4 Å². The molecule has 0 unspecified atom stereocenters. The second kappa shape index (κ2) is 7.11. The minimum Gasteiger partial charge on any atom is -0.343 e. The van der Waals surface area contributed by atoms with Gasteiger partial charge in [0.2, 0.25) is 11.8 Å².